The van der Waals surface area contributed by atoms with Crippen LogP contribution in [0.3, 0.4) is 0 Å². The molecule has 0 saturated carbocycles. The number of nitrogens with zero attached hydrogens (tertiary/aromatic N) is 1. The first-order valence-corrected chi connectivity index (χ1v) is 9.27. The van der Waals surface area contributed by atoms with E-state index in [0.717, 1.165) is 6.42 Å². The maximum absolute atomic E-state index is 12.7. The summed E-state index contributed by atoms with van der Waals surface area (Å²) in [6.07, 6.45) is 1.28. The number of hydrogen-bond acceptors (Lipinski definition) is 4. The van der Waals surface area contributed by atoms with Gasteiger partial charge in [0, 0.05) is 18.7 Å². The number of benzene rings is 1. The zero-order chi connectivity index (χ0) is 18.1. The highest BCUT2D eigenvalue weighted by Crippen LogP contribution is 2.27. The Morgan fingerprint density at radius 3 is 2.58 bits per heavy atom. The van der Waals surface area contributed by atoms with Gasteiger partial charge in [-0.1, -0.05) is 13.0 Å². The predicted octanol–water partition coefficient (Wildman–Crippen LogP) is 1.65. The van der Waals surface area contributed by atoms with Crippen LogP contribution in [-0.2, 0) is 19.6 Å². The van der Waals surface area contributed by atoms with Crippen molar-refractivity contribution in [2.45, 2.75) is 50.5 Å². The van der Waals surface area contributed by atoms with Gasteiger partial charge < -0.3 is 10.0 Å². The molecule has 1 aromatic rings. The zero-order valence-electron chi connectivity index (χ0n) is 14.0. The fourth-order valence-electron chi connectivity index (χ4n) is 2.59. The Balaban J connectivity index is 2.43. The van der Waals surface area contributed by atoms with Crippen molar-refractivity contribution in [3.05, 3.63) is 23.8 Å². The normalized spacial score (nSPS) is 17.8. The summed E-state index contributed by atoms with van der Waals surface area (Å²) in [4.78, 5) is 24.8. The third-order valence-corrected chi connectivity index (χ3v) is 6.12. The Hall–Kier alpha value is -1.93. The summed E-state index contributed by atoms with van der Waals surface area (Å²) in [5, 5.41) is 9.29. The number of hydrogen-bond donors (Lipinski definition) is 2. The topological polar surface area (TPSA) is 104 Å². The molecule has 24 heavy (non-hydrogen) atoms. The van der Waals surface area contributed by atoms with E-state index < -0.39 is 21.5 Å². The molecule has 2 N–H and O–H groups in total. The Kier molecular flexibility index (Phi) is 5.00. The van der Waals surface area contributed by atoms with Crippen molar-refractivity contribution in [3.8, 4) is 0 Å². The molecule has 1 atom stereocenters. The number of sulfonamides is 1. The van der Waals surface area contributed by atoms with Crippen LogP contribution in [0.5, 0.6) is 0 Å². The van der Waals surface area contributed by atoms with E-state index in [-0.39, 0.29) is 17.2 Å². The number of rotatable bonds is 6. The molecule has 1 amide bonds. The van der Waals surface area contributed by atoms with Crippen LogP contribution in [-0.4, -0.2) is 37.5 Å². The van der Waals surface area contributed by atoms with Crippen molar-refractivity contribution >= 4 is 27.6 Å². The van der Waals surface area contributed by atoms with Crippen molar-refractivity contribution in [3.63, 3.8) is 0 Å². The molecule has 0 aromatic heterocycles. The van der Waals surface area contributed by atoms with Crippen molar-refractivity contribution in [2.75, 3.05) is 11.4 Å². The van der Waals surface area contributed by atoms with E-state index >= 15 is 0 Å². The van der Waals surface area contributed by atoms with Gasteiger partial charge in [0.05, 0.1) is 4.90 Å². The average Bonchev–Trinajstić information content (AvgIpc) is 2.93. The summed E-state index contributed by atoms with van der Waals surface area (Å²) < 4.78 is 27.7. The molecule has 8 heteroatoms. The van der Waals surface area contributed by atoms with Gasteiger partial charge in [-0.2, -0.15) is 4.72 Å². The smallest absolute Gasteiger partial charge is 0.324 e. The summed E-state index contributed by atoms with van der Waals surface area (Å²) >= 11 is 0. The first-order chi connectivity index (χ1) is 11.1. The second-order valence-corrected chi connectivity index (χ2v) is 7.85. The third kappa shape index (κ3) is 3.44. The molecule has 0 radical (unpaired) electrons. The number of carboxylic acid groups (broad SMARTS) is 1. The zero-order valence-corrected chi connectivity index (χ0v) is 14.8. The minimum atomic E-state index is -4.04. The molecule has 132 valence electrons. The number of aryl methyl sites for hydroxylation is 1. The molecule has 7 nitrogen and oxygen atoms in total. The molecule has 0 aliphatic carbocycles. The minimum Gasteiger partial charge on any atom is -0.480 e. The van der Waals surface area contributed by atoms with Crippen molar-refractivity contribution in [1.29, 1.82) is 0 Å². The van der Waals surface area contributed by atoms with Crippen LogP contribution in [0.4, 0.5) is 5.69 Å². The van der Waals surface area contributed by atoms with Crippen LogP contribution in [0.2, 0.25) is 0 Å². The molecule has 1 unspecified atom stereocenters. The highest BCUT2D eigenvalue weighted by atomic mass is 32.2. The first kappa shape index (κ1) is 18.4. The van der Waals surface area contributed by atoms with Crippen LogP contribution in [0.15, 0.2) is 23.1 Å². The number of carbonyl (C=O) groups is 2. The molecule has 1 aliphatic heterocycles. The van der Waals surface area contributed by atoms with Crippen LogP contribution in [0.25, 0.3) is 0 Å². The highest BCUT2D eigenvalue weighted by Gasteiger charge is 2.37. The number of carbonyl (C=O) groups excluding carboxylic acids is 1. The van der Waals surface area contributed by atoms with Gasteiger partial charge in [-0.15, -0.1) is 0 Å². The Labute approximate surface area is 141 Å². The first-order valence-electron chi connectivity index (χ1n) is 7.79. The van der Waals surface area contributed by atoms with Gasteiger partial charge in [-0.3, -0.25) is 9.59 Å². The predicted molar refractivity (Wildman–Crippen MR) is 89.4 cm³/mol. The second-order valence-electron chi connectivity index (χ2n) is 6.20. The quantitative estimate of drug-likeness (QED) is 0.808. The Morgan fingerprint density at radius 1 is 1.42 bits per heavy atom. The molecule has 1 aliphatic rings. The maximum atomic E-state index is 12.7. The largest absolute Gasteiger partial charge is 0.480 e. The van der Waals surface area contributed by atoms with E-state index in [4.69, 9.17) is 0 Å². The lowest BCUT2D eigenvalue weighted by Gasteiger charge is -2.25. The maximum Gasteiger partial charge on any atom is 0.324 e. The molecule has 0 spiro atoms. The molecular weight excluding hydrogens is 332 g/mol. The van der Waals surface area contributed by atoms with Gasteiger partial charge in [-0.05, 0) is 44.4 Å². The van der Waals surface area contributed by atoms with E-state index in [1.54, 1.807) is 30.9 Å². The summed E-state index contributed by atoms with van der Waals surface area (Å²) in [5.41, 5.74) is -0.594. The van der Waals surface area contributed by atoms with E-state index in [2.05, 4.69) is 4.72 Å². The van der Waals surface area contributed by atoms with Gasteiger partial charge in [0.2, 0.25) is 15.9 Å². The van der Waals surface area contributed by atoms with E-state index in [1.807, 2.05) is 0 Å². The summed E-state index contributed by atoms with van der Waals surface area (Å²) in [5.74, 6) is -1.28. The molecule has 1 heterocycles. The number of anilines is 1. The lowest BCUT2D eigenvalue weighted by atomic mass is 10.0. The van der Waals surface area contributed by atoms with Gasteiger partial charge in [-0.25, -0.2) is 8.42 Å². The van der Waals surface area contributed by atoms with Crippen LogP contribution >= 0.6 is 0 Å². The number of carboxylic acids is 1. The minimum absolute atomic E-state index is 0.0133. The van der Waals surface area contributed by atoms with E-state index in [9.17, 15) is 23.1 Å². The summed E-state index contributed by atoms with van der Waals surface area (Å²) in [6.45, 7) is 5.11. The standard InChI is InChI=1S/C16H22N2O5S/c1-4-16(3,15(20)21)17-24(22,23)13-10-12(8-7-11(13)2)18-9-5-6-14(18)19/h7-8,10,17H,4-6,9H2,1-3H3,(H,20,21). The highest BCUT2D eigenvalue weighted by molar-refractivity contribution is 7.89. The molecule has 1 saturated heterocycles. The fraction of sp³-hybridized carbons (Fsp3) is 0.500. The van der Waals surface area contributed by atoms with Crippen molar-refractivity contribution < 1.29 is 23.1 Å². The van der Waals surface area contributed by atoms with Crippen LogP contribution < -0.4 is 9.62 Å². The fourth-order valence-corrected chi connectivity index (χ4v) is 4.29. The van der Waals surface area contributed by atoms with Crippen LogP contribution in [0.1, 0.15) is 38.7 Å². The van der Waals surface area contributed by atoms with Gasteiger partial charge in [0.25, 0.3) is 0 Å². The lowest BCUT2D eigenvalue weighted by molar-refractivity contribution is -0.143. The average molecular weight is 354 g/mol. The van der Waals surface area contributed by atoms with Crippen molar-refractivity contribution in [2.24, 2.45) is 0 Å². The number of nitrogens with one attached hydrogen (secondary N) is 1. The van der Waals surface area contributed by atoms with Crippen LogP contribution in [0, 0.1) is 6.92 Å². The van der Waals surface area contributed by atoms with Gasteiger partial charge >= 0.3 is 5.97 Å². The van der Waals surface area contributed by atoms with E-state index in [0.29, 0.717) is 24.2 Å². The number of aliphatic carboxylic acids is 1. The SMILES string of the molecule is CCC(C)(NS(=O)(=O)c1cc(N2CCCC2=O)ccc1C)C(=O)O. The summed E-state index contributed by atoms with van der Waals surface area (Å²) in [7, 11) is -4.04. The Bertz CT molecular complexity index is 775. The number of amides is 1. The van der Waals surface area contributed by atoms with Gasteiger partial charge in [0.15, 0.2) is 0 Å². The third-order valence-electron chi connectivity index (χ3n) is 4.39. The molecule has 0 bridgehead atoms. The monoisotopic (exact) mass is 354 g/mol. The summed E-state index contributed by atoms with van der Waals surface area (Å²) in [6, 6.07) is 4.76. The molecule has 1 aromatic carbocycles. The molecule has 2 rings (SSSR count). The molecular formula is C16H22N2O5S. The molecule has 1 fully saturated rings. The second kappa shape index (κ2) is 6.52. The van der Waals surface area contributed by atoms with Gasteiger partial charge in [0.1, 0.15) is 5.54 Å². The van der Waals surface area contributed by atoms with Crippen molar-refractivity contribution in [1.82, 2.24) is 4.72 Å². The Morgan fingerprint density at radius 2 is 2.08 bits per heavy atom. The lowest BCUT2D eigenvalue weighted by Crippen LogP contribution is -2.51. The van der Waals surface area contributed by atoms with E-state index in [1.165, 1.54) is 13.0 Å².